The van der Waals surface area contributed by atoms with Gasteiger partial charge in [0, 0.05) is 38.2 Å². The van der Waals surface area contributed by atoms with Gasteiger partial charge in [0.1, 0.15) is 6.61 Å². The number of alkyl carbamates (subject to hydrolysis) is 1. The van der Waals surface area contributed by atoms with Crippen LogP contribution in [0.1, 0.15) is 53.9 Å². The molecular weight excluding hydrogens is 472 g/mol. The Morgan fingerprint density at radius 2 is 1.86 bits per heavy atom. The maximum Gasteiger partial charge on any atom is 0.407 e. The zero-order valence-corrected chi connectivity index (χ0v) is 21.5. The molecule has 2 aromatic rings. The standard InChI is InChI=1S/C29H38N2O6/c1-3-15-35-29(33)30-17-21-6-12-24(13-7-21)28-36-26(18-31-14-4-5-25(31)20-34-2)16-27(37-28)23-10-8-22(19-32)9-11-23/h3,6-13,25-28,32H,1,4-5,14-20H2,2H3,(H,30,33). The Balaban J connectivity index is 1.45. The van der Waals surface area contributed by atoms with Gasteiger partial charge in [-0.05, 0) is 36.1 Å². The van der Waals surface area contributed by atoms with Crippen molar-refractivity contribution in [3.63, 3.8) is 0 Å². The quantitative estimate of drug-likeness (QED) is 0.437. The van der Waals surface area contributed by atoms with Crippen molar-refractivity contribution in [2.24, 2.45) is 0 Å². The van der Waals surface area contributed by atoms with Crippen LogP contribution < -0.4 is 5.32 Å². The molecule has 0 radical (unpaired) electrons. The van der Waals surface area contributed by atoms with Gasteiger partial charge < -0.3 is 29.4 Å². The van der Waals surface area contributed by atoms with Crippen molar-refractivity contribution < 1.29 is 28.8 Å². The van der Waals surface area contributed by atoms with Crippen LogP contribution in [0, 0.1) is 0 Å². The molecular formula is C29H38N2O6. The molecule has 8 nitrogen and oxygen atoms in total. The van der Waals surface area contributed by atoms with E-state index >= 15 is 0 Å². The highest BCUT2D eigenvalue weighted by Crippen LogP contribution is 2.38. The van der Waals surface area contributed by atoms with Crippen LogP contribution in [-0.2, 0) is 32.1 Å². The zero-order valence-electron chi connectivity index (χ0n) is 21.5. The minimum atomic E-state index is -0.510. The Bertz CT molecular complexity index is 996. The number of benzene rings is 2. The fourth-order valence-corrected chi connectivity index (χ4v) is 4.96. The second-order valence-electron chi connectivity index (χ2n) is 9.58. The SMILES string of the molecule is C=CCOC(=O)NCc1ccc(C2OC(CN3CCCC3COC)CC(c3ccc(CO)cc3)O2)cc1. The molecule has 1 amide bonds. The number of likely N-dealkylation sites (tertiary alicyclic amines) is 1. The Morgan fingerprint density at radius 1 is 1.14 bits per heavy atom. The second-order valence-corrected chi connectivity index (χ2v) is 9.58. The Hall–Kier alpha value is -2.75. The lowest BCUT2D eigenvalue weighted by atomic mass is 9.99. The van der Waals surface area contributed by atoms with Crippen LogP contribution in [0.2, 0.25) is 0 Å². The van der Waals surface area contributed by atoms with Crippen molar-refractivity contribution in [1.29, 1.82) is 0 Å². The molecule has 2 fully saturated rings. The summed E-state index contributed by atoms with van der Waals surface area (Å²) in [5, 5.41) is 12.2. The normalized spacial score (nSPS) is 24.1. The van der Waals surface area contributed by atoms with Gasteiger partial charge in [-0.25, -0.2) is 4.79 Å². The first-order valence-electron chi connectivity index (χ1n) is 12.9. The number of nitrogens with one attached hydrogen (secondary N) is 1. The van der Waals surface area contributed by atoms with E-state index in [4.69, 9.17) is 18.9 Å². The highest BCUT2D eigenvalue weighted by atomic mass is 16.7. The number of aliphatic hydroxyl groups is 1. The summed E-state index contributed by atoms with van der Waals surface area (Å²) in [7, 11) is 1.76. The number of aliphatic hydroxyl groups excluding tert-OH is 1. The fourth-order valence-electron chi connectivity index (χ4n) is 4.96. The van der Waals surface area contributed by atoms with Crippen LogP contribution in [0.5, 0.6) is 0 Å². The number of hydrogen-bond acceptors (Lipinski definition) is 7. The lowest BCUT2D eigenvalue weighted by Gasteiger charge is -2.38. The second kappa shape index (κ2) is 13.7. The van der Waals surface area contributed by atoms with E-state index in [0.717, 1.165) is 54.8 Å². The number of rotatable bonds is 11. The molecule has 4 rings (SSSR count). The van der Waals surface area contributed by atoms with E-state index in [0.29, 0.717) is 12.6 Å². The van der Waals surface area contributed by atoms with Crippen molar-refractivity contribution in [2.75, 3.05) is 33.4 Å². The molecule has 4 unspecified atom stereocenters. The smallest absolute Gasteiger partial charge is 0.407 e. The number of hydrogen-bond donors (Lipinski definition) is 2. The van der Waals surface area contributed by atoms with Crippen molar-refractivity contribution >= 4 is 6.09 Å². The first-order chi connectivity index (χ1) is 18.1. The molecule has 2 N–H and O–H groups in total. The summed E-state index contributed by atoms with van der Waals surface area (Å²) in [6.07, 6.45) is 3.48. The van der Waals surface area contributed by atoms with E-state index in [1.807, 2.05) is 48.5 Å². The third-order valence-corrected chi connectivity index (χ3v) is 6.93. The Labute approximate surface area is 219 Å². The number of carbonyl (C=O) groups excluding carboxylic acids is 1. The maximum absolute atomic E-state index is 11.7. The van der Waals surface area contributed by atoms with E-state index in [1.165, 1.54) is 12.5 Å². The summed E-state index contributed by atoms with van der Waals surface area (Å²) in [4.78, 5) is 14.2. The van der Waals surface area contributed by atoms with Gasteiger partial charge in [-0.15, -0.1) is 0 Å². The van der Waals surface area contributed by atoms with Crippen LogP contribution in [-0.4, -0.2) is 61.7 Å². The minimum Gasteiger partial charge on any atom is -0.445 e. The fraction of sp³-hybridized carbons (Fsp3) is 0.483. The van der Waals surface area contributed by atoms with E-state index in [1.54, 1.807) is 7.11 Å². The monoisotopic (exact) mass is 510 g/mol. The summed E-state index contributed by atoms with van der Waals surface area (Å²) in [5.41, 5.74) is 3.82. The molecule has 8 heteroatoms. The summed E-state index contributed by atoms with van der Waals surface area (Å²) >= 11 is 0. The van der Waals surface area contributed by atoms with Crippen LogP contribution in [0.3, 0.4) is 0 Å². The molecule has 2 aromatic carbocycles. The molecule has 200 valence electrons. The number of methoxy groups -OCH3 is 1. The van der Waals surface area contributed by atoms with E-state index in [2.05, 4.69) is 16.8 Å². The van der Waals surface area contributed by atoms with Gasteiger partial charge in [0.25, 0.3) is 0 Å². The van der Waals surface area contributed by atoms with E-state index in [-0.39, 0.29) is 25.4 Å². The van der Waals surface area contributed by atoms with Gasteiger partial charge in [0.15, 0.2) is 6.29 Å². The minimum absolute atomic E-state index is 0.000280. The average Bonchev–Trinajstić information content (AvgIpc) is 3.37. The van der Waals surface area contributed by atoms with Gasteiger partial charge in [-0.3, -0.25) is 4.90 Å². The molecule has 2 heterocycles. The highest BCUT2D eigenvalue weighted by Gasteiger charge is 2.35. The van der Waals surface area contributed by atoms with Crippen molar-refractivity contribution in [3.8, 4) is 0 Å². The molecule has 0 spiro atoms. The van der Waals surface area contributed by atoms with Gasteiger partial charge in [0.05, 0.1) is 25.4 Å². The zero-order chi connectivity index (χ0) is 26.0. The number of nitrogens with zero attached hydrogens (tertiary/aromatic N) is 1. The predicted octanol–water partition coefficient (Wildman–Crippen LogP) is 4.25. The molecule has 0 aliphatic carbocycles. The summed E-state index contributed by atoms with van der Waals surface area (Å²) < 4.78 is 23.4. The third-order valence-electron chi connectivity index (χ3n) is 6.93. The first-order valence-corrected chi connectivity index (χ1v) is 12.9. The van der Waals surface area contributed by atoms with Crippen molar-refractivity contribution in [1.82, 2.24) is 10.2 Å². The van der Waals surface area contributed by atoms with Gasteiger partial charge in [-0.1, -0.05) is 61.2 Å². The predicted molar refractivity (Wildman–Crippen MR) is 140 cm³/mol. The molecule has 2 aliphatic rings. The number of ether oxygens (including phenoxy) is 4. The Morgan fingerprint density at radius 3 is 2.57 bits per heavy atom. The highest BCUT2D eigenvalue weighted by molar-refractivity contribution is 5.67. The molecule has 2 saturated heterocycles. The van der Waals surface area contributed by atoms with E-state index < -0.39 is 12.4 Å². The first kappa shape index (κ1) is 27.3. The summed E-state index contributed by atoms with van der Waals surface area (Å²) in [6, 6.07) is 16.2. The summed E-state index contributed by atoms with van der Waals surface area (Å²) in [5.74, 6) is 0. The molecule has 4 atom stereocenters. The lowest BCUT2D eigenvalue weighted by Crippen LogP contribution is -2.42. The van der Waals surface area contributed by atoms with Crippen LogP contribution in [0.4, 0.5) is 4.79 Å². The molecule has 37 heavy (non-hydrogen) atoms. The average molecular weight is 511 g/mol. The van der Waals surface area contributed by atoms with Crippen LogP contribution in [0.15, 0.2) is 61.2 Å². The molecule has 2 aliphatic heterocycles. The van der Waals surface area contributed by atoms with Gasteiger partial charge in [0.2, 0.25) is 0 Å². The maximum atomic E-state index is 11.7. The van der Waals surface area contributed by atoms with Crippen molar-refractivity contribution in [3.05, 3.63) is 83.4 Å². The molecule has 0 aromatic heterocycles. The third kappa shape index (κ3) is 7.63. The van der Waals surface area contributed by atoms with Crippen LogP contribution in [0.25, 0.3) is 0 Å². The number of carbonyl (C=O) groups is 1. The van der Waals surface area contributed by atoms with E-state index in [9.17, 15) is 9.90 Å². The van der Waals surface area contributed by atoms with Gasteiger partial charge in [-0.2, -0.15) is 0 Å². The van der Waals surface area contributed by atoms with Crippen molar-refractivity contribution in [2.45, 2.75) is 57.0 Å². The molecule has 0 saturated carbocycles. The van der Waals surface area contributed by atoms with Crippen LogP contribution >= 0.6 is 0 Å². The number of amides is 1. The van der Waals surface area contributed by atoms with Gasteiger partial charge >= 0.3 is 6.09 Å². The summed E-state index contributed by atoms with van der Waals surface area (Å²) in [6.45, 7) is 6.70. The molecule has 0 bridgehead atoms. The Kier molecular flexibility index (Phi) is 10.1. The topological polar surface area (TPSA) is 89.5 Å². The largest absolute Gasteiger partial charge is 0.445 e. The lowest BCUT2D eigenvalue weighted by molar-refractivity contribution is -0.253.